The molecule has 4 aromatic rings. The molecule has 0 atom stereocenters. The summed E-state index contributed by atoms with van der Waals surface area (Å²) < 4.78 is 16.2. The Hall–Kier alpha value is -4.52. The number of methoxy groups -OCH3 is 3. The van der Waals surface area contributed by atoms with Gasteiger partial charge in [0.05, 0.1) is 38.1 Å². The van der Waals surface area contributed by atoms with Crippen LogP contribution in [0.25, 0.3) is 22.3 Å². The van der Waals surface area contributed by atoms with Crippen LogP contribution in [-0.2, 0) is 0 Å². The van der Waals surface area contributed by atoms with Gasteiger partial charge >= 0.3 is 0 Å². The molecule has 0 radical (unpaired) electrons. The van der Waals surface area contributed by atoms with Gasteiger partial charge in [0, 0.05) is 5.56 Å². The normalized spacial score (nSPS) is 10.5. The van der Waals surface area contributed by atoms with Crippen molar-refractivity contribution in [1.82, 2.24) is 19.9 Å². The molecule has 2 aromatic heterocycles. The molecular formula is C21H19N7O3. The maximum atomic E-state index is 9.65. The molecule has 4 N–H and O–H groups in total. The van der Waals surface area contributed by atoms with Gasteiger partial charge in [0.2, 0.25) is 17.6 Å². The zero-order valence-electron chi connectivity index (χ0n) is 17.1. The lowest BCUT2D eigenvalue weighted by Crippen LogP contribution is -2.06. The second kappa shape index (κ2) is 8.08. The van der Waals surface area contributed by atoms with Gasteiger partial charge in [-0.1, -0.05) is 12.1 Å². The Morgan fingerprint density at radius 1 is 1.00 bits per heavy atom. The molecule has 0 aliphatic rings. The largest absolute Gasteiger partial charge is 0.493 e. The van der Waals surface area contributed by atoms with Gasteiger partial charge < -0.3 is 24.9 Å². The number of nitriles is 1. The third-order valence-corrected chi connectivity index (χ3v) is 4.61. The Labute approximate surface area is 177 Å². The lowest BCUT2D eigenvalue weighted by molar-refractivity contribution is 0.324. The number of aromatic nitrogens is 4. The van der Waals surface area contributed by atoms with Gasteiger partial charge in [0.1, 0.15) is 17.5 Å². The van der Waals surface area contributed by atoms with Crippen LogP contribution in [0.4, 0.5) is 17.7 Å². The maximum Gasteiger partial charge on any atom is 0.232 e. The number of fused-ring (bicyclic) bond motifs is 1. The smallest absolute Gasteiger partial charge is 0.232 e. The van der Waals surface area contributed by atoms with Crippen LogP contribution in [-0.4, -0.2) is 41.3 Å². The van der Waals surface area contributed by atoms with Gasteiger partial charge in [0.15, 0.2) is 11.5 Å². The molecule has 0 amide bonds. The molecule has 0 saturated carbocycles. The van der Waals surface area contributed by atoms with E-state index in [0.717, 1.165) is 11.0 Å². The van der Waals surface area contributed by atoms with Crippen molar-refractivity contribution in [3.63, 3.8) is 0 Å². The Morgan fingerprint density at radius 3 is 2.32 bits per heavy atom. The van der Waals surface area contributed by atoms with E-state index in [2.05, 4.69) is 31.3 Å². The molecule has 0 unspecified atom stereocenters. The number of ether oxygens (including phenoxy) is 3. The zero-order valence-corrected chi connectivity index (χ0v) is 17.1. The van der Waals surface area contributed by atoms with Crippen molar-refractivity contribution in [3.05, 3.63) is 42.0 Å². The summed E-state index contributed by atoms with van der Waals surface area (Å²) >= 11 is 0. The number of rotatable bonds is 6. The summed E-state index contributed by atoms with van der Waals surface area (Å²) in [6, 6.07) is 13.0. The highest BCUT2D eigenvalue weighted by atomic mass is 16.5. The predicted octanol–water partition coefficient (Wildman–Crippen LogP) is 3.24. The highest BCUT2D eigenvalue weighted by molar-refractivity contribution is 5.79. The Morgan fingerprint density at radius 2 is 1.71 bits per heavy atom. The van der Waals surface area contributed by atoms with E-state index in [4.69, 9.17) is 19.9 Å². The summed E-state index contributed by atoms with van der Waals surface area (Å²) in [6.45, 7) is 0. The van der Waals surface area contributed by atoms with Crippen LogP contribution in [0.15, 0.2) is 36.4 Å². The fourth-order valence-corrected chi connectivity index (χ4v) is 3.19. The number of hydrogen-bond donors (Lipinski definition) is 3. The number of H-pyrrole nitrogens is 1. The number of imidazole rings is 1. The molecule has 156 valence electrons. The number of nitrogens with one attached hydrogen (secondary N) is 2. The van der Waals surface area contributed by atoms with E-state index < -0.39 is 0 Å². The minimum Gasteiger partial charge on any atom is -0.493 e. The van der Waals surface area contributed by atoms with Gasteiger partial charge in [0.25, 0.3) is 0 Å². The first-order valence-electron chi connectivity index (χ1n) is 9.17. The first kappa shape index (κ1) is 19.8. The Balaban J connectivity index is 1.82. The summed E-state index contributed by atoms with van der Waals surface area (Å²) in [5.41, 5.74) is 8.70. The van der Waals surface area contributed by atoms with E-state index in [1.807, 2.05) is 24.3 Å². The predicted molar refractivity (Wildman–Crippen MR) is 116 cm³/mol. The number of nitrogens with zero attached hydrogens (tertiary/aromatic N) is 4. The van der Waals surface area contributed by atoms with Gasteiger partial charge in [-0.2, -0.15) is 10.2 Å². The number of hydrogen-bond acceptors (Lipinski definition) is 9. The fraction of sp³-hybridized carbons (Fsp3) is 0.143. The molecule has 2 heterocycles. The number of para-hydroxylation sites is 2. The number of benzene rings is 2. The summed E-state index contributed by atoms with van der Waals surface area (Å²) in [5.74, 6) is 1.92. The molecule has 4 rings (SSSR count). The van der Waals surface area contributed by atoms with Crippen LogP contribution in [0.2, 0.25) is 0 Å². The monoisotopic (exact) mass is 417 g/mol. The first-order chi connectivity index (χ1) is 15.1. The van der Waals surface area contributed by atoms with E-state index in [1.54, 1.807) is 12.1 Å². The van der Waals surface area contributed by atoms with Crippen molar-refractivity contribution < 1.29 is 14.2 Å². The number of anilines is 3. The quantitative estimate of drug-likeness (QED) is 0.430. The van der Waals surface area contributed by atoms with Crippen molar-refractivity contribution >= 4 is 28.7 Å². The molecule has 0 aliphatic carbocycles. The average Bonchev–Trinajstić information content (AvgIpc) is 3.19. The zero-order chi connectivity index (χ0) is 22.0. The molecule has 0 fully saturated rings. The van der Waals surface area contributed by atoms with Crippen LogP contribution in [0.3, 0.4) is 0 Å². The van der Waals surface area contributed by atoms with Crippen LogP contribution >= 0.6 is 0 Å². The SMILES string of the molecule is COc1cc(-c2nc(Nc3nc4ccccc4[nH]3)nc(N)c2C#N)cc(OC)c1OC. The molecule has 31 heavy (non-hydrogen) atoms. The highest BCUT2D eigenvalue weighted by Crippen LogP contribution is 2.42. The van der Waals surface area contributed by atoms with E-state index in [1.165, 1.54) is 21.3 Å². The Kier molecular flexibility index (Phi) is 5.15. The lowest BCUT2D eigenvalue weighted by atomic mass is 10.1. The van der Waals surface area contributed by atoms with Gasteiger partial charge in [-0.25, -0.2) is 9.97 Å². The summed E-state index contributed by atoms with van der Waals surface area (Å²) in [4.78, 5) is 16.3. The average molecular weight is 417 g/mol. The van der Waals surface area contributed by atoms with Crippen molar-refractivity contribution in [3.8, 4) is 34.6 Å². The molecule has 0 bridgehead atoms. The lowest BCUT2D eigenvalue weighted by Gasteiger charge is -2.15. The second-order valence-electron chi connectivity index (χ2n) is 6.41. The van der Waals surface area contributed by atoms with Crippen molar-refractivity contribution in [2.75, 3.05) is 32.4 Å². The molecule has 10 nitrogen and oxygen atoms in total. The standard InChI is InChI=1S/C21H19N7O3/c1-29-15-8-11(9-16(30-2)18(15)31-3)17-12(10-22)19(23)27-21(26-17)28-20-24-13-6-4-5-7-14(13)25-20/h4-9H,1-3H3,(H4,23,24,25,26,27,28). The summed E-state index contributed by atoms with van der Waals surface area (Å²) in [6.07, 6.45) is 0. The molecule has 10 heteroatoms. The van der Waals surface area contributed by atoms with Crippen LogP contribution in [0, 0.1) is 11.3 Å². The summed E-state index contributed by atoms with van der Waals surface area (Å²) in [5, 5.41) is 12.7. The molecule has 0 aliphatic heterocycles. The summed E-state index contributed by atoms with van der Waals surface area (Å²) in [7, 11) is 4.53. The second-order valence-corrected chi connectivity index (χ2v) is 6.41. The van der Waals surface area contributed by atoms with Crippen LogP contribution < -0.4 is 25.3 Å². The van der Waals surface area contributed by atoms with Crippen molar-refractivity contribution in [1.29, 1.82) is 5.26 Å². The third-order valence-electron chi connectivity index (χ3n) is 4.61. The number of nitrogens with two attached hydrogens (primary N) is 1. The number of nitrogen functional groups attached to an aromatic ring is 1. The van der Waals surface area contributed by atoms with E-state index in [0.29, 0.717) is 34.5 Å². The molecular weight excluding hydrogens is 398 g/mol. The van der Waals surface area contributed by atoms with Gasteiger partial charge in [-0.15, -0.1) is 0 Å². The molecule has 0 spiro atoms. The van der Waals surface area contributed by atoms with Gasteiger partial charge in [-0.05, 0) is 24.3 Å². The highest BCUT2D eigenvalue weighted by Gasteiger charge is 2.20. The topological polar surface area (TPSA) is 144 Å². The van der Waals surface area contributed by atoms with Crippen LogP contribution in [0.1, 0.15) is 5.56 Å². The third kappa shape index (κ3) is 3.60. The molecule has 0 saturated heterocycles. The minimum absolute atomic E-state index is 0.0277. The van der Waals surface area contributed by atoms with E-state index in [-0.39, 0.29) is 17.3 Å². The molecule has 2 aromatic carbocycles. The van der Waals surface area contributed by atoms with Crippen molar-refractivity contribution in [2.45, 2.75) is 0 Å². The van der Waals surface area contributed by atoms with Crippen molar-refractivity contribution in [2.24, 2.45) is 0 Å². The Bertz CT molecular complexity index is 1250. The first-order valence-corrected chi connectivity index (χ1v) is 9.17. The van der Waals surface area contributed by atoms with E-state index >= 15 is 0 Å². The van der Waals surface area contributed by atoms with Crippen LogP contribution in [0.5, 0.6) is 17.2 Å². The fourth-order valence-electron chi connectivity index (χ4n) is 3.19. The van der Waals surface area contributed by atoms with Gasteiger partial charge in [-0.3, -0.25) is 5.32 Å². The number of aromatic amines is 1. The van der Waals surface area contributed by atoms with E-state index in [9.17, 15) is 5.26 Å². The maximum absolute atomic E-state index is 9.65. The minimum atomic E-state index is 0.0277.